The van der Waals surface area contributed by atoms with E-state index in [0.29, 0.717) is 16.3 Å². The van der Waals surface area contributed by atoms with E-state index in [1.54, 1.807) is 24.3 Å². The van der Waals surface area contributed by atoms with Crippen LogP contribution in [0.4, 0.5) is 0 Å². The molecule has 0 saturated heterocycles. The second-order valence-electron chi connectivity index (χ2n) is 5.18. The topological polar surface area (TPSA) is 57.1 Å². The van der Waals surface area contributed by atoms with Crippen molar-refractivity contribution in [3.8, 4) is 5.75 Å². The van der Waals surface area contributed by atoms with Crippen LogP contribution in [0.5, 0.6) is 5.75 Å². The van der Waals surface area contributed by atoms with Gasteiger partial charge in [0.25, 0.3) is 0 Å². The van der Waals surface area contributed by atoms with E-state index < -0.39 is 5.97 Å². The van der Waals surface area contributed by atoms with Crippen molar-refractivity contribution in [1.82, 2.24) is 0 Å². The van der Waals surface area contributed by atoms with Gasteiger partial charge in [-0.1, -0.05) is 47.1 Å². The van der Waals surface area contributed by atoms with Gasteiger partial charge in [0.05, 0.1) is 15.5 Å². The lowest BCUT2D eigenvalue weighted by Gasteiger charge is -2.13. The summed E-state index contributed by atoms with van der Waals surface area (Å²) >= 11 is 12.9. The van der Waals surface area contributed by atoms with Crippen molar-refractivity contribution in [2.24, 2.45) is 5.16 Å². The first-order chi connectivity index (χ1) is 13.0. The molecule has 0 bridgehead atoms. The molecule has 2 aromatic carbocycles. The molecule has 0 heterocycles. The van der Waals surface area contributed by atoms with Crippen molar-refractivity contribution < 1.29 is 19.1 Å². The lowest BCUT2D eigenvalue weighted by atomic mass is 10.0. The average molecular weight is 518 g/mol. The number of halogens is 3. The monoisotopic (exact) mass is 515 g/mol. The lowest BCUT2D eigenvalue weighted by Crippen LogP contribution is -2.19. The number of benzene rings is 2. The summed E-state index contributed by atoms with van der Waals surface area (Å²) in [6, 6.07) is 12.7. The van der Waals surface area contributed by atoms with Crippen LogP contribution in [0.15, 0.2) is 51.0 Å². The van der Waals surface area contributed by atoms with Gasteiger partial charge in [0, 0.05) is 5.56 Å². The zero-order valence-corrected chi connectivity index (χ0v) is 18.5. The number of rotatable bonds is 7. The molecule has 8 heteroatoms. The van der Waals surface area contributed by atoms with Crippen LogP contribution in [0.2, 0.25) is 5.02 Å². The van der Waals surface area contributed by atoms with Crippen molar-refractivity contribution in [3.63, 3.8) is 0 Å². The van der Waals surface area contributed by atoms with Gasteiger partial charge in [-0.2, -0.15) is 0 Å². The van der Waals surface area contributed by atoms with Crippen LogP contribution in [-0.2, 0) is 21.0 Å². The minimum Gasteiger partial charge on any atom is -0.487 e. The first kappa shape index (κ1) is 21.5. The summed E-state index contributed by atoms with van der Waals surface area (Å²) in [6.45, 7) is 0.187. The van der Waals surface area contributed by atoms with Gasteiger partial charge < -0.3 is 14.3 Å². The van der Waals surface area contributed by atoms with E-state index in [9.17, 15) is 4.79 Å². The highest BCUT2D eigenvalue weighted by atomic mass is 79.9. The Morgan fingerprint density at radius 3 is 2.56 bits per heavy atom. The van der Waals surface area contributed by atoms with Gasteiger partial charge in [-0.25, -0.2) is 4.79 Å². The second kappa shape index (κ2) is 10.5. The van der Waals surface area contributed by atoms with Gasteiger partial charge in [0.15, 0.2) is 5.71 Å². The zero-order valence-electron chi connectivity index (χ0n) is 14.5. The van der Waals surface area contributed by atoms with Gasteiger partial charge in [-0.15, -0.1) is 0 Å². The van der Waals surface area contributed by atoms with Crippen molar-refractivity contribution in [3.05, 3.63) is 67.6 Å². The summed E-state index contributed by atoms with van der Waals surface area (Å²) in [5.74, 6) is -0.0727. The van der Waals surface area contributed by atoms with E-state index in [0.717, 1.165) is 14.5 Å². The molecule has 0 atom stereocenters. The Morgan fingerprint density at radius 1 is 1.19 bits per heavy atom. The fourth-order valence-electron chi connectivity index (χ4n) is 2.27. The molecule has 5 nitrogen and oxygen atoms in total. The maximum Gasteiger partial charge on any atom is 0.360 e. The van der Waals surface area contributed by atoms with Crippen molar-refractivity contribution in [1.29, 1.82) is 0 Å². The Kier molecular flexibility index (Phi) is 8.34. The standard InChI is InChI=1S/C19H16Br2ClNO4/c1-25-19(24)18(23-26-2)14-6-4-3-5-13(14)11-27-16-8-7-12(9-15(16)22)10-17(20)21/h3-10H,11H2,1-2H3. The van der Waals surface area contributed by atoms with E-state index in [1.165, 1.54) is 14.2 Å². The molecule has 0 N–H and O–H groups in total. The average Bonchev–Trinajstić information content (AvgIpc) is 2.65. The van der Waals surface area contributed by atoms with Crippen LogP contribution in [0.25, 0.3) is 6.08 Å². The molecule has 0 unspecified atom stereocenters. The molecular weight excluding hydrogens is 501 g/mol. The first-order valence-corrected chi connectivity index (χ1v) is 9.65. The lowest BCUT2D eigenvalue weighted by molar-refractivity contribution is -0.132. The maximum absolute atomic E-state index is 12.0. The van der Waals surface area contributed by atoms with Gasteiger partial charge in [0.1, 0.15) is 19.5 Å². The number of esters is 1. The number of carbonyl (C=O) groups is 1. The quantitative estimate of drug-likeness (QED) is 0.275. The molecule has 0 aliphatic heterocycles. The highest BCUT2D eigenvalue weighted by Crippen LogP contribution is 2.29. The molecule has 2 rings (SSSR count). The predicted molar refractivity (Wildman–Crippen MR) is 114 cm³/mol. The summed E-state index contributed by atoms with van der Waals surface area (Å²) in [4.78, 5) is 16.8. The van der Waals surface area contributed by atoms with Crippen LogP contribution in [0, 0.1) is 0 Å². The molecule has 0 aliphatic rings. The van der Waals surface area contributed by atoms with Gasteiger partial charge in [-0.3, -0.25) is 0 Å². The minimum atomic E-state index is -0.598. The molecule has 2 aromatic rings. The molecule has 27 heavy (non-hydrogen) atoms. The Hall–Kier alpha value is -1.83. The zero-order chi connectivity index (χ0) is 19.8. The number of nitrogens with zero attached hydrogens (tertiary/aromatic N) is 1. The number of hydrogen-bond donors (Lipinski definition) is 0. The predicted octanol–water partition coefficient (Wildman–Crippen LogP) is 5.53. The molecule has 0 aliphatic carbocycles. The van der Waals surface area contributed by atoms with Gasteiger partial charge in [-0.05, 0) is 61.2 Å². The molecular formula is C19H16Br2ClNO4. The maximum atomic E-state index is 12.0. The Balaban J connectivity index is 2.26. The van der Waals surface area contributed by atoms with E-state index in [-0.39, 0.29) is 12.3 Å². The van der Waals surface area contributed by atoms with Crippen LogP contribution in [0.3, 0.4) is 0 Å². The van der Waals surface area contributed by atoms with E-state index in [2.05, 4.69) is 37.0 Å². The molecule has 0 fully saturated rings. The number of ether oxygens (including phenoxy) is 2. The Morgan fingerprint density at radius 2 is 1.93 bits per heavy atom. The third-order valence-corrected chi connectivity index (χ3v) is 4.20. The second-order valence-corrected chi connectivity index (χ2v) is 8.36. The Bertz CT molecular complexity index is 880. The normalized spacial score (nSPS) is 10.9. The van der Waals surface area contributed by atoms with Crippen molar-refractivity contribution >= 4 is 61.2 Å². The molecule has 0 saturated carbocycles. The molecule has 0 radical (unpaired) electrons. The summed E-state index contributed by atoms with van der Waals surface area (Å²) in [6.07, 6.45) is 1.87. The van der Waals surface area contributed by atoms with Gasteiger partial charge in [0.2, 0.25) is 0 Å². The summed E-state index contributed by atoms with van der Waals surface area (Å²) < 4.78 is 11.4. The number of oxime groups is 1. The van der Waals surface area contributed by atoms with Gasteiger partial charge >= 0.3 is 5.97 Å². The van der Waals surface area contributed by atoms with E-state index in [1.807, 2.05) is 24.3 Å². The molecule has 0 aromatic heterocycles. The summed E-state index contributed by atoms with van der Waals surface area (Å²) in [5, 5.41) is 4.26. The molecule has 142 valence electrons. The third-order valence-electron chi connectivity index (χ3n) is 3.45. The summed E-state index contributed by atoms with van der Waals surface area (Å²) in [7, 11) is 2.65. The molecule has 0 amide bonds. The van der Waals surface area contributed by atoms with Crippen molar-refractivity contribution in [2.45, 2.75) is 6.61 Å². The summed E-state index contributed by atoms with van der Waals surface area (Å²) in [5.41, 5.74) is 2.27. The Labute approximate surface area is 179 Å². The largest absolute Gasteiger partial charge is 0.487 e. The fourth-order valence-corrected chi connectivity index (χ4v) is 3.04. The van der Waals surface area contributed by atoms with E-state index in [4.69, 9.17) is 25.9 Å². The molecule has 0 spiro atoms. The third kappa shape index (κ3) is 6.09. The minimum absolute atomic E-state index is 0.0629. The highest BCUT2D eigenvalue weighted by molar-refractivity contribution is 9.28. The SMILES string of the molecule is CON=C(C(=O)OC)c1ccccc1COc1ccc(C=C(Br)Br)cc1Cl. The fraction of sp³-hybridized carbons (Fsp3) is 0.158. The van der Waals surface area contributed by atoms with E-state index >= 15 is 0 Å². The van der Waals surface area contributed by atoms with Crippen LogP contribution >= 0.6 is 43.5 Å². The number of hydrogen-bond acceptors (Lipinski definition) is 5. The van der Waals surface area contributed by atoms with Crippen LogP contribution < -0.4 is 4.74 Å². The number of carbonyl (C=O) groups excluding carboxylic acids is 1. The van der Waals surface area contributed by atoms with Crippen LogP contribution in [-0.4, -0.2) is 25.9 Å². The number of methoxy groups -OCH3 is 1. The van der Waals surface area contributed by atoms with Crippen molar-refractivity contribution in [2.75, 3.05) is 14.2 Å². The van der Waals surface area contributed by atoms with Crippen LogP contribution in [0.1, 0.15) is 16.7 Å². The smallest absolute Gasteiger partial charge is 0.360 e. The first-order valence-electron chi connectivity index (χ1n) is 7.69. The highest BCUT2D eigenvalue weighted by Gasteiger charge is 2.19.